The van der Waals surface area contributed by atoms with Gasteiger partial charge in [0.1, 0.15) is 17.0 Å². The summed E-state index contributed by atoms with van der Waals surface area (Å²) in [6.45, 7) is 2.72. The molecular formula is C17H21NO5. The van der Waals surface area contributed by atoms with Gasteiger partial charge in [0.2, 0.25) is 0 Å². The van der Waals surface area contributed by atoms with Gasteiger partial charge in [-0.1, -0.05) is 13.3 Å². The minimum absolute atomic E-state index is 0.167. The number of unbranched alkanes of at least 4 members (excludes halogenated alkanes) is 1. The average molecular weight is 319 g/mol. The van der Waals surface area contributed by atoms with Crippen LogP contribution in [0.4, 0.5) is 0 Å². The Hall–Kier alpha value is -2.50. The number of rotatable bonds is 6. The van der Waals surface area contributed by atoms with Crippen molar-refractivity contribution >= 4 is 22.8 Å². The largest absolute Gasteiger partial charge is 0.494 e. The summed E-state index contributed by atoms with van der Waals surface area (Å²) in [6.07, 6.45) is 2.01. The molecule has 2 rings (SSSR count). The van der Waals surface area contributed by atoms with Crippen LogP contribution in [0.1, 0.15) is 40.6 Å². The number of carbonyl (C=O) groups excluding carboxylic acids is 2. The first-order valence-electron chi connectivity index (χ1n) is 7.47. The van der Waals surface area contributed by atoms with Gasteiger partial charge in [0, 0.05) is 18.5 Å². The third-order valence-corrected chi connectivity index (χ3v) is 3.71. The molecule has 0 bridgehead atoms. The van der Waals surface area contributed by atoms with E-state index < -0.39 is 11.9 Å². The number of aryl methyl sites for hydroxylation is 1. The number of benzene rings is 1. The zero-order valence-corrected chi connectivity index (χ0v) is 13.8. The lowest BCUT2D eigenvalue weighted by atomic mass is 10.1. The second-order valence-electron chi connectivity index (χ2n) is 5.15. The first kappa shape index (κ1) is 16.9. The van der Waals surface area contributed by atoms with E-state index in [1.807, 2.05) is 6.07 Å². The fourth-order valence-electron chi connectivity index (χ4n) is 2.48. The molecule has 1 aromatic carbocycles. The number of aromatic nitrogens is 1. The Labute approximate surface area is 134 Å². The van der Waals surface area contributed by atoms with Crippen LogP contribution >= 0.6 is 0 Å². The van der Waals surface area contributed by atoms with Gasteiger partial charge in [-0.05, 0) is 18.6 Å². The molecular weight excluding hydrogens is 298 g/mol. The van der Waals surface area contributed by atoms with Crippen molar-refractivity contribution in [2.24, 2.45) is 7.05 Å². The van der Waals surface area contributed by atoms with Crippen molar-refractivity contribution in [1.29, 1.82) is 0 Å². The van der Waals surface area contributed by atoms with Crippen molar-refractivity contribution in [2.75, 3.05) is 20.8 Å². The Morgan fingerprint density at radius 1 is 1.13 bits per heavy atom. The van der Waals surface area contributed by atoms with Crippen LogP contribution in [0.5, 0.6) is 5.75 Å². The lowest BCUT2D eigenvalue weighted by Gasteiger charge is -2.06. The van der Waals surface area contributed by atoms with E-state index in [1.54, 1.807) is 23.7 Å². The number of ether oxygens (including phenoxy) is 3. The number of hydrogen-bond acceptors (Lipinski definition) is 5. The minimum atomic E-state index is -0.586. The van der Waals surface area contributed by atoms with Gasteiger partial charge in [-0.25, -0.2) is 9.59 Å². The van der Waals surface area contributed by atoms with Gasteiger partial charge in [-0.15, -0.1) is 0 Å². The molecule has 23 heavy (non-hydrogen) atoms. The zero-order valence-electron chi connectivity index (χ0n) is 13.8. The van der Waals surface area contributed by atoms with Gasteiger partial charge < -0.3 is 18.8 Å². The van der Waals surface area contributed by atoms with Crippen molar-refractivity contribution in [3.8, 4) is 5.75 Å². The van der Waals surface area contributed by atoms with E-state index in [4.69, 9.17) is 14.2 Å². The van der Waals surface area contributed by atoms with Gasteiger partial charge in [0.25, 0.3) is 0 Å². The summed E-state index contributed by atoms with van der Waals surface area (Å²) in [7, 11) is 4.27. The molecule has 1 heterocycles. The SMILES string of the molecule is CCCCOc1ccc2c(C(=O)OC)c(C(=O)OC)n(C)c2c1. The molecule has 0 unspecified atom stereocenters. The monoisotopic (exact) mass is 319 g/mol. The summed E-state index contributed by atoms with van der Waals surface area (Å²) in [5, 5.41) is 0.627. The van der Waals surface area contributed by atoms with Crippen LogP contribution in [0.3, 0.4) is 0 Å². The van der Waals surface area contributed by atoms with Crippen molar-refractivity contribution in [3.63, 3.8) is 0 Å². The molecule has 2 aromatic rings. The molecule has 0 spiro atoms. The molecule has 0 aliphatic heterocycles. The highest BCUT2D eigenvalue weighted by Gasteiger charge is 2.27. The van der Waals surface area contributed by atoms with Crippen LogP contribution in [0.15, 0.2) is 18.2 Å². The Morgan fingerprint density at radius 2 is 1.83 bits per heavy atom. The highest BCUT2D eigenvalue weighted by molar-refractivity contribution is 6.13. The first-order chi connectivity index (χ1) is 11.0. The van der Waals surface area contributed by atoms with Crippen LogP contribution in [-0.4, -0.2) is 37.3 Å². The molecule has 0 radical (unpaired) electrons. The zero-order chi connectivity index (χ0) is 17.0. The minimum Gasteiger partial charge on any atom is -0.494 e. The standard InChI is InChI=1S/C17H21NO5/c1-5-6-9-23-11-7-8-12-13(10-11)18(2)15(17(20)22-4)14(12)16(19)21-3/h7-8,10H,5-6,9H2,1-4H3. The highest BCUT2D eigenvalue weighted by atomic mass is 16.5. The Morgan fingerprint density at radius 3 is 2.43 bits per heavy atom. The highest BCUT2D eigenvalue weighted by Crippen LogP contribution is 2.30. The fraction of sp³-hybridized carbons (Fsp3) is 0.412. The van der Waals surface area contributed by atoms with Gasteiger partial charge >= 0.3 is 11.9 Å². The lowest BCUT2D eigenvalue weighted by molar-refractivity contribution is 0.0549. The van der Waals surface area contributed by atoms with E-state index >= 15 is 0 Å². The summed E-state index contributed by atoms with van der Waals surface area (Å²) in [4.78, 5) is 24.2. The molecule has 0 aliphatic carbocycles. The van der Waals surface area contributed by atoms with E-state index in [-0.39, 0.29) is 11.3 Å². The molecule has 0 saturated heterocycles. The molecule has 124 valence electrons. The third-order valence-electron chi connectivity index (χ3n) is 3.71. The van der Waals surface area contributed by atoms with Gasteiger partial charge in [0.05, 0.1) is 26.3 Å². The Kier molecular flexibility index (Phi) is 5.26. The molecule has 6 heteroatoms. The lowest BCUT2D eigenvalue weighted by Crippen LogP contribution is -2.13. The quantitative estimate of drug-likeness (QED) is 0.605. The van der Waals surface area contributed by atoms with E-state index in [0.29, 0.717) is 23.3 Å². The summed E-state index contributed by atoms with van der Waals surface area (Å²) >= 11 is 0. The maximum Gasteiger partial charge on any atom is 0.355 e. The number of nitrogens with zero attached hydrogens (tertiary/aromatic N) is 1. The van der Waals surface area contributed by atoms with Gasteiger partial charge in [-0.2, -0.15) is 0 Å². The summed E-state index contributed by atoms with van der Waals surface area (Å²) in [5.41, 5.74) is 1.08. The predicted molar refractivity (Wildman–Crippen MR) is 86.0 cm³/mol. The molecule has 0 fully saturated rings. The second kappa shape index (κ2) is 7.17. The van der Waals surface area contributed by atoms with Crippen molar-refractivity contribution < 1.29 is 23.8 Å². The fourth-order valence-corrected chi connectivity index (χ4v) is 2.48. The average Bonchev–Trinajstić information content (AvgIpc) is 2.86. The number of methoxy groups -OCH3 is 2. The maximum absolute atomic E-state index is 12.1. The number of hydrogen-bond donors (Lipinski definition) is 0. The van der Waals surface area contributed by atoms with Gasteiger partial charge in [0.15, 0.2) is 0 Å². The molecule has 0 atom stereocenters. The second-order valence-corrected chi connectivity index (χ2v) is 5.15. The van der Waals surface area contributed by atoms with Crippen molar-refractivity contribution in [3.05, 3.63) is 29.5 Å². The normalized spacial score (nSPS) is 10.6. The van der Waals surface area contributed by atoms with E-state index in [9.17, 15) is 9.59 Å². The topological polar surface area (TPSA) is 66.8 Å². The van der Waals surface area contributed by atoms with Crippen molar-refractivity contribution in [2.45, 2.75) is 19.8 Å². The molecule has 0 aliphatic rings. The van der Waals surface area contributed by atoms with Crippen molar-refractivity contribution in [1.82, 2.24) is 4.57 Å². The maximum atomic E-state index is 12.1. The molecule has 1 aromatic heterocycles. The molecule has 6 nitrogen and oxygen atoms in total. The van der Waals surface area contributed by atoms with Crippen LogP contribution in [-0.2, 0) is 16.5 Å². The van der Waals surface area contributed by atoms with Crippen LogP contribution in [0.2, 0.25) is 0 Å². The predicted octanol–water partition coefficient (Wildman–Crippen LogP) is 2.93. The van der Waals surface area contributed by atoms with E-state index in [2.05, 4.69) is 6.92 Å². The summed E-state index contributed by atoms with van der Waals surface area (Å²) in [5.74, 6) is -0.465. The number of esters is 2. The Bertz CT molecular complexity index is 732. The summed E-state index contributed by atoms with van der Waals surface area (Å²) < 4.78 is 16.9. The smallest absolute Gasteiger partial charge is 0.355 e. The first-order valence-corrected chi connectivity index (χ1v) is 7.47. The van der Waals surface area contributed by atoms with Crippen LogP contribution in [0, 0.1) is 0 Å². The van der Waals surface area contributed by atoms with Gasteiger partial charge in [-0.3, -0.25) is 0 Å². The van der Waals surface area contributed by atoms with E-state index in [0.717, 1.165) is 12.8 Å². The van der Waals surface area contributed by atoms with E-state index in [1.165, 1.54) is 14.2 Å². The number of fused-ring (bicyclic) bond motifs is 1. The molecule has 0 saturated carbocycles. The third kappa shape index (κ3) is 3.16. The Balaban J connectivity index is 2.57. The van der Waals surface area contributed by atoms with Crippen LogP contribution in [0.25, 0.3) is 10.9 Å². The number of carbonyl (C=O) groups is 2. The molecule has 0 amide bonds. The van der Waals surface area contributed by atoms with Crippen LogP contribution < -0.4 is 4.74 Å². The molecule has 0 N–H and O–H groups in total. The summed E-state index contributed by atoms with van der Waals surface area (Å²) in [6, 6.07) is 5.35.